The van der Waals surface area contributed by atoms with Gasteiger partial charge in [-0.15, -0.1) is 0 Å². The van der Waals surface area contributed by atoms with E-state index in [1.807, 2.05) is 31.4 Å². The molecule has 0 aliphatic carbocycles. The first-order chi connectivity index (χ1) is 9.38. The lowest BCUT2D eigenvalue weighted by molar-refractivity contribution is 0.297. The fourth-order valence-corrected chi connectivity index (χ4v) is 2.20. The van der Waals surface area contributed by atoms with E-state index in [9.17, 15) is 0 Å². The van der Waals surface area contributed by atoms with Crippen LogP contribution in [0.4, 0.5) is 0 Å². The van der Waals surface area contributed by atoms with Crippen molar-refractivity contribution in [1.82, 2.24) is 15.5 Å². The van der Waals surface area contributed by atoms with Crippen LogP contribution in [0.25, 0.3) is 11.1 Å². The number of fused-ring (bicyclic) bond motifs is 1. The molecule has 0 bridgehead atoms. The number of ether oxygens (including phenoxy) is 2. The van der Waals surface area contributed by atoms with E-state index in [4.69, 9.17) is 9.47 Å². The highest BCUT2D eigenvalue weighted by molar-refractivity contribution is 5.68. The molecule has 1 aliphatic heterocycles. The van der Waals surface area contributed by atoms with Gasteiger partial charge in [-0.05, 0) is 24.7 Å². The summed E-state index contributed by atoms with van der Waals surface area (Å²) in [7, 11) is 1.92. The number of nitrogens with zero attached hydrogens (tertiary/aromatic N) is 1. The van der Waals surface area contributed by atoms with Crippen molar-refractivity contribution in [3.8, 4) is 22.6 Å². The molecule has 1 aromatic heterocycles. The Morgan fingerprint density at radius 2 is 2.11 bits per heavy atom. The number of aromatic nitrogens is 2. The summed E-state index contributed by atoms with van der Waals surface area (Å²) < 4.78 is 11.4. The number of aromatic amines is 1. The average molecular weight is 259 g/mol. The maximum Gasteiger partial charge on any atom is 0.161 e. The van der Waals surface area contributed by atoms with Crippen molar-refractivity contribution >= 4 is 0 Å². The van der Waals surface area contributed by atoms with E-state index in [0.717, 1.165) is 41.3 Å². The molecule has 0 fully saturated rings. The molecule has 0 saturated carbocycles. The molecule has 3 rings (SSSR count). The second kappa shape index (κ2) is 5.32. The molecule has 0 radical (unpaired) electrons. The van der Waals surface area contributed by atoms with Crippen LogP contribution in [0, 0.1) is 0 Å². The van der Waals surface area contributed by atoms with Crippen molar-refractivity contribution in [1.29, 1.82) is 0 Å². The van der Waals surface area contributed by atoms with Gasteiger partial charge in [0.05, 0.1) is 25.1 Å². The summed E-state index contributed by atoms with van der Waals surface area (Å²) in [6, 6.07) is 6.02. The van der Waals surface area contributed by atoms with Crippen LogP contribution in [-0.4, -0.2) is 30.5 Å². The first-order valence-electron chi connectivity index (χ1n) is 6.45. The number of benzene rings is 1. The van der Waals surface area contributed by atoms with E-state index < -0.39 is 0 Å². The molecule has 1 aliphatic rings. The molecule has 100 valence electrons. The quantitative estimate of drug-likeness (QED) is 0.884. The summed E-state index contributed by atoms with van der Waals surface area (Å²) in [6.07, 6.45) is 2.76. The summed E-state index contributed by atoms with van der Waals surface area (Å²) in [5.41, 5.74) is 3.24. The van der Waals surface area contributed by atoms with Gasteiger partial charge in [-0.1, -0.05) is 6.07 Å². The van der Waals surface area contributed by atoms with Crippen LogP contribution in [0.15, 0.2) is 24.4 Å². The van der Waals surface area contributed by atoms with Gasteiger partial charge in [-0.3, -0.25) is 5.10 Å². The van der Waals surface area contributed by atoms with Crippen LogP contribution in [0.1, 0.15) is 12.1 Å². The van der Waals surface area contributed by atoms with E-state index in [0.29, 0.717) is 13.2 Å². The molecule has 2 aromatic rings. The molecule has 2 heterocycles. The average Bonchev–Trinajstić information content (AvgIpc) is 2.76. The summed E-state index contributed by atoms with van der Waals surface area (Å²) in [5.74, 6) is 1.63. The molecule has 5 nitrogen and oxygen atoms in total. The lowest BCUT2D eigenvalue weighted by Crippen LogP contribution is -2.06. The van der Waals surface area contributed by atoms with Gasteiger partial charge >= 0.3 is 0 Å². The monoisotopic (exact) mass is 259 g/mol. The minimum atomic E-state index is 0.700. The molecule has 2 N–H and O–H groups in total. The summed E-state index contributed by atoms with van der Waals surface area (Å²) in [6.45, 7) is 2.16. The van der Waals surface area contributed by atoms with E-state index in [1.54, 1.807) is 0 Å². The van der Waals surface area contributed by atoms with E-state index in [1.165, 1.54) is 0 Å². The molecule has 0 amide bonds. The minimum Gasteiger partial charge on any atom is -0.490 e. The van der Waals surface area contributed by atoms with Gasteiger partial charge in [0, 0.05) is 18.5 Å². The molecule has 19 heavy (non-hydrogen) atoms. The van der Waals surface area contributed by atoms with E-state index >= 15 is 0 Å². The fraction of sp³-hybridized carbons (Fsp3) is 0.357. The molecule has 0 saturated heterocycles. The summed E-state index contributed by atoms with van der Waals surface area (Å²) >= 11 is 0. The fourth-order valence-electron chi connectivity index (χ4n) is 2.20. The molecule has 0 unspecified atom stereocenters. The van der Waals surface area contributed by atoms with Gasteiger partial charge in [0.25, 0.3) is 0 Å². The highest BCUT2D eigenvalue weighted by atomic mass is 16.5. The van der Waals surface area contributed by atoms with Gasteiger partial charge in [0.1, 0.15) is 0 Å². The number of nitrogens with one attached hydrogen (secondary N) is 2. The maximum atomic E-state index is 5.72. The molecule has 0 atom stereocenters. The van der Waals surface area contributed by atoms with E-state index in [2.05, 4.69) is 15.5 Å². The van der Waals surface area contributed by atoms with Gasteiger partial charge in [0.2, 0.25) is 0 Å². The topological polar surface area (TPSA) is 59.2 Å². The number of rotatable bonds is 3. The van der Waals surface area contributed by atoms with Crippen molar-refractivity contribution in [3.63, 3.8) is 0 Å². The standard InChI is InChI=1S/C14H17N3O2/c1-15-9-12-11(8-16-17-12)10-3-4-13-14(7-10)19-6-2-5-18-13/h3-4,7-8,15H,2,5-6,9H2,1H3,(H,16,17). The Bertz CT molecular complexity index is 566. The lowest BCUT2D eigenvalue weighted by atomic mass is 10.1. The van der Waals surface area contributed by atoms with Crippen LogP contribution < -0.4 is 14.8 Å². The lowest BCUT2D eigenvalue weighted by Gasteiger charge is -2.09. The highest BCUT2D eigenvalue weighted by Gasteiger charge is 2.13. The first kappa shape index (κ1) is 12.0. The van der Waals surface area contributed by atoms with Crippen molar-refractivity contribution < 1.29 is 9.47 Å². The largest absolute Gasteiger partial charge is 0.490 e. The maximum absolute atomic E-state index is 5.72. The van der Waals surface area contributed by atoms with Crippen LogP contribution in [0.5, 0.6) is 11.5 Å². The third kappa shape index (κ3) is 2.42. The smallest absolute Gasteiger partial charge is 0.161 e. The molecule has 1 aromatic carbocycles. The Hall–Kier alpha value is -2.01. The second-order valence-electron chi connectivity index (χ2n) is 4.50. The van der Waals surface area contributed by atoms with Gasteiger partial charge in [0.15, 0.2) is 11.5 Å². The molecule has 5 heteroatoms. The third-order valence-electron chi connectivity index (χ3n) is 3.13. The predicted molar refractivity (Wildman–Crippen MR) is 72.4 cm³/mol. The van der Waals surface area contributed by atoms with Crippen LogP contribution in [0.2, 0.25) is 0 Å². The van der Waals surface area contributed by atoms with Gasteiger partial charge < -0.3 is 14.8 Å². The Morgan fingerprint density at radius 3 is 2.95 bits per heavy atom. The van der Waals surface area contributed by atoms with Crippen LogP contribution in [0.3, 0.4) is 0 Å². The summed E-state index contributed by atoms with van der Waals surface area (Å²) in [4.78, 5) is 0. The normalized spacial score (nSPS) is 14.2. The molecular formula is C14H17N3O2. The van der Waals surface area contributed by atoms with Crippen molar-refractivity contribution in [2.45, 2.75) is 13.0 Å². The Morgan fingerprint density at radius 1 is 1.26 bits per heavy atom. The van der Waals surface area contributed by atoms with Crippen molar-refractivity contribution in [2.24, 2.45) is 0 Å². The molecule has 0 spiro atoms. The third-order valence-corrected chi connectivity index (χ3v) is 3.13. The highest BCUT2D eigenvalue weighted by Crippen LogP contribution is 2.34. The minimum absolute atomic E-state index is 0.700. The Kier molecular flexibility index (Phi) is 3.37. The SMILES string of the molecule is CNCc1[nH]ncc1-c1ccc2c(c1)OCCCO2. The van der Waals surface area contributed by atoms with Crippen molar-refractivity contribution in [2.75, 3.05) is 20.3 Å². The zero-order chi connectivity index (χ0) is 13.1. The number of hydrogen-bond acceptors (Lipinski definition) is 4. The first-order valence-corrected chi connectivity index (χ1v) is 6.45. The van der Waals surface area contributed by atoms with Crippen molar-refractivity contribution in [3.05, 3.63) is 30.1 Å². The number of hydrogen-bond donors (Lipinski definition) is 2. The predicted octanol–water partition coefficient (Wildman–Crippen LogP) is 1.96. The Balaban J connectivity index is 1.97. The molecular weight excluding hydrogens is 242 g/mol. The Labute approximate surface area is 111 Å². The second-order valence-corrected chi connectivity index (χ2v) is 4.50. The summed E-state index contributed by atoms with van der Waals surface area (Å²) in [5, 5.41) is 10.2. The zero-order valence-electron chi connectivity index (χ0n) is 10.9. The zero-order valence-corrected chi connectivity index (χ0v) is 10.9. The number of H-pyrrole nitrogens is 1. The van der Waals surface area contributed by atoms with Crippen LogP contribution >= 0.6 is 0 Å². The van der Waals surface area contributed by atoms with Gasteiger partial charge in [-0.25, -0.2) is 0 Å². The van der Waals surface area contributed by atoms with E-state index in [-0.39, 0.29) is 0 Å². The van der Waals surface area contributed by atoms with Crippen LogP contribution in [-0.2, 0) is 6.54 Å². The van der Waals surface area contributed by atoms with Gasteiger partial charge in [-0.2, -0.15) is 5.10 Å².